The van der Waals surface area contributed by atoms with E-state index in [4.69, 9.17) is 11.6 Å². The van der Waals surface area contributed by atoms with Crippen molar-refractivity contribution in [2.45, 2.75) is 16.7 Å². The highest BCUT2D eigenvalue weighted by atomic mass is 35.5. The van der Waals surface area contributed by atoms with Crippen LogP contribution in [0.4, 0.5) is 4.39 Å². The van der Waals surface area contributed by atoms with Crippen LogP contribution in [-0.2, 0) is 21.2 Å². The fraction of sp³-hybridized carbons (Fsp3) is 0.154. The van der Waals surface area contributed by atoms with Crippen LogP contribution in [0.3, 0.4) is 0 Å². The SMILES string of the molecule is O=C([O-])[C@@H](Cc1ccc(F)cc1)NS(=O)(=O)c1ccc(Cl)s1. The zero-order valence-electron chi connectivity index (χ0n) is 11.0. The molecule has 1 atom stereocenters. The van der Waals surface area contributed by atoms with Crippen LogP contribution < -0.4 is 9.83 Å². The lowest BCUT2D eigenvalue weighted by atomic mass is 10.1. The molecule has 0 radical (unpaired) electrons. The van der Waals surface area contributed by atoms with Gasteiger partial charge in [-0.25, -0.2) is 17.5 Å². The molecule has 0 aliphatic carbocycles. The second-order valence-electron chi connectivity index (χ2n) is 4.38. The van der Waals surface area contributed by atoms with Crippen molar-refractivity contribution < 1.29 is 22.7 Å². The minimum atomic E-state index is -4.02. The number of carboxylic acid groups (broad SMARTS) is 1. The molecular weight excluding hydrogens is 353 g/mol. The minimum absolute atomic E-state index is 0.0946. The van der Waals surface area contributed by atoms with Crippen molar-refractivity contribution in [1.82, 2.24) is 4.72 Å². The van der Waals surface area contributed by atoms with Crippen molar-refractivity contribution in [1.29, 1.82) is 0 Å². The number of carbonyl (C=O) groups excluding carboxylic acids is 1. The third-order valence-corrected chi connectivity index (χ3v) is 5.94. The Morgan fingerprint density at radius 3 is 2.41 bits per heavy atom. The highest BCUT2D eigenvalue weighted by Gasteiger charge is 2.23. The number of nitrogens with one attached hydrogen (secondary N) is 1. The third-order valence-electron chi connectivity index (χ3n) is 2.75. The molecule has 0 bridgehead atoms. The van der Waals surface area contributed by atoms with E-state index < -0.39 is 27.9 Å². The molecule has 0 saturated carbocycles. The molecule has 0 amide bonds. The fourth-order valence-electron chi connectivity index (χ4n) is 1.72. The van der Waals surface area contributed by atoms with Gasteiger partial charge in [0.05, 0.1) is 16.3 Å². The molecule has 5 nitrogen and oxygen atoms in total. The smallest absolute Gasteiger partial charge is 0.250 e. The van der Waals surface area contributed by atoms with Gasteiger partial charge in [0.2, 0.25) is 0 Å². The summed E-state index contributed by atoms with van der Waals surface area (Å²) < 4.78 is 39.2. The highest BCUT2D eigenvalue weighted by Crippen LogP contribution is 2.25. The number of carbonyl (C=O) groups is 1. The molecule has 0 saturated heterocycles. The van der Waals surface area contributed by atoms with E-state index >= 15 is 0 Å². The molecule has 2 aromatic rings. The summed E-state index contributed by atoms with van der Waals surface area (Å²) in [6.07, 6.45) is -0.166. The van der Waals surface area contributed by atoms with Crippen LogP contribution in [0, 0.1) is 5.82 Å². The Labute approximate surface area is 135 Å². The average Bonchev–Trinajstić information content (AvgIpc) is 2.88. The Morgan fingerprint density at radius 1 is 1.27 bits per heavy atom. The van der Waals surface area contributed by atoms with Gasteiger partial charge in [0.1, 0.15) is 10.0 Å². The summed E-state index contributed by atoms with van der Waals surface area (Å²) in [7, 11) is -4.02. The standard InChI is InChI=1S/C13H11ClFNO4S2/c14-11-5-6-12(21-11)22(19,20)16-10(13(17)18)7-8-1-3-9(15)4-2-8/h1-6,10,16H,7H2,(H,17,18)/p-1/t10-/m1/s1. The summed E-state index contributed by atoms with van der Waals surface area (Å²) >= 11 is 6.48. The van der Waals surface area contributed by atoms with E-state index in [0.29, 0.717) is 5.56 Å². The van der Waals surface area contributed by atoms with E-state index in [2.05, 4.69) is 4.72 Å². The molecule has 2 rings (SSSR count). The van der Waals surface area contributed by atoms with Crippen LogP contribution in [0.2, 0.25) is 4.34 Å². The molecule has 1 aromatic heterocycles. The van der Waals surface area contributed by atoms with Crippen LogP contribution >= 0.6 is 22.9 Å². The Balaban J connectivity index is 2.18. The van der Waals surface area contributed by atoms with Gasteiger partial charge in [-0.2, -0.15) is 0 Å². The van der Waals surface area contributed by atoms with Gasteiger partial charge in [-0.1, -0.05) is 23.7 Å². The molecule has 118 valence electrons. The Kier molecular flexibility index (Phi) is 5.17. The van der Waals surface area contributed by atoms with Gasteiger partial charge >= 0.3 is 0 Å². The van der Waals surface area contributed by atoms with Gasteiger partial charge in [-0.15, -0.1) is 11.3 Å². The van der Waals surface area contributed by atoms with Crippen LogP contribution in [0.5, 0.6) is 0 Å². The minimum Gasteiger partial charge on any atom is -0.548 e. The van der Waals surface area contributed by atoms with Crippen molar-refractivity contribution in [3.05, 3.63) is 52.1 Å². The summed E-state index contributed by atoms with van der Waals surface area (Å²) in [4.78, 5) is 11.2. The van der Waals surface area contributed by atoms with Gasteiger partial charge in [0.15, 0.2) is 0 Å². The zero-order chi connectivity index (χ0) is 16.3. The first-order valence-corrected chi connectivity index (χ1v) is 8.68. The number of hydrogen-bond acceptors (Lipinski definition) is 5. The maximum atomic E-state index is 12.8. The molecule has 1 heterocycles. The molecule has 1 N–H and O–H groups in total. The quantitative estimate of drug-likeness (QED) is 0.836. The average molecular weight is 363 g/mol. The van der Waals surface area contributed by atoms with Crippen LogP contribution in [0.1, 0.15) is 5.56 Å². The van der Waals surface area contributed by atoms with E-state index in [0.717, 1.165) is 23.5 Å². The first kappa shape index (κ1) is 16.9. The number of hydrogen-bond donors (Lipinski definition) is 1. The number of sulfonamides is 1. The molecule has 0 aliphatic heterocycles. The van der Waals surface area contributed by atoms with Crippen LogP contribution in [0.25, 0.3) is 0 Å². The molecular formula is C13H10ClFNO4S2-. The molecule has 22 heavy (non-hydrogen) atoms. The van der Waals surface area contributed by atoms with Crippen LogP contribution in [-0.4, -0.2) is 20.4 Å². The van der Waals surface area contributed by atoms with Crippen molar-refractivity contribution in [2.24, 2.45) is 0 Å². The lowest BCUT2D eigenvalue weighted by Crippen LogP contribution is -2.48. The number of carboxylic acids is 1. The zero-order valence-corrected chi connectivity index (χ0v) is 13.3. The number of halogens is 2. The second-order valence-corrected chi connectivity index (χ2v) is 8.04. The maximum absolute atomic E-state index is 12.8. The Hall–Kier alpha value is -1.48. The lowest BCUT2D eigenvalue weighted by Gasteiger charge is -2.19. The molecule has 0 fully saturated rings. The van der Waals surface area contributed by atoms with Gasteiger partial charge < -0.3 is 9.90 Å². The van der Waals surface area contributed by atoms with Gasteiger partial charge in [-0.3, -0.25) is 0 Å². The first-order chi connectivity index (χ1) is 10.3. The Morgan fingerprint density at radius 2 is 1.91 bits per heavy atom. The topological polar surface area (TPSA) is 86.3 Å². The predicted molar refractivity (Wildman–Crippen MR) is 78.5 cm³/mol. The molecule has 1 aromatic carbocycles. The second kappa shape index (κ2) is 6.74. The normalized spacial score (nSPS) is 13.0. The monoisotopic (exact) mass is 362 g/mol. The van der Waals surface area contributed by atoms with Crippen molar-refractivity contribution in [3.63, 3.8) is 0 Å². The van der Waals surface area contributed by atoms with Crippen molar-refractivity contribution >= 4 is 38.9 Å². The molecule has 9 heteroatoms. The van der Waals surface area contributed by atoms with Gasteiger partial charge in [0.25, 0.3) is 10.0 Å². The summed E-state index contributed by atoms with van der Waals surface area (Å²) in [5.41, 5.74) is 0.461. The van der Waals surface area contributed by atoms with E-state index in [1.807, 2.05) is 0 Å². The lowest BCUT2D eigenvalue weighted by molar-refractivity contribution is -0.307. The first-order valence-electron chi connectivity index (χ1n) is 6.01. The number of aliphatic carboxylic acids is 1. The van der Waals surface area contributed by atoms with Crippen molar-refractivity contribution in [3.8, 4) is 0 Å². The summed E-state index contributed by atoms with van der Waals surface area (Å²) in [6, 6.07) is 6.28. The molecule has 0 aliphatic rings. The maximum Gasteiger partial charge on any atom is 0.250 e. The number of thiophene rings is 1. The van der Waals surface area contributed by atoms with E-state index in [1.165, 1.54) is 24.3 Å². The highest BCUT2D eigenvalue weighted by molar-refractivity contribution is 7.91. The number of benzene rings is 1. The summed E-state index contributed by atoms with van der Waals surface area (Å²) in [5.74, 6) is -2.04. The van der Waals surface area contributed by atoms with E-state index in [9.17, 15) is 22.7 Å². The third kappa shape index (κ3) is 4.26. The summed E-state index contributed by atoms with van der Waals surface area (Å²) in [6.45, 7) is 0. The van der Waals surface area contributed by atoms with Gasteiger partial charge in [0, 0.05) is 0 Å². The van der Waals surface area contributed by atoms with Crippen molar-refractivity contribution in [2.75, 3.05) is 0 Å². The van der Waals surface area contributed by atoms with E-state index in [-0.39, 0.29) is 15.0 Å². The summed E-state index contributed by atoms with van der Waals surface area (Å²) in [5, 5.41) is 11.2. The molecule has 0 spiro atoms. The fourth-order valence-corrected chi connectivity index (χ4v) is 4.40. The largest absolute Gasteiger partial charge is 0.548 e. The Bertz CT molecular complexity index is 774. The van der Waals surface area contributed by atoms with E-state index in [1.54, 1.807) is 0 Å². The predicted octanol–water partition coefficient (Wildman–Crippen LogP) is 1.18. The molecule has 0 unspecified atom stereocenters. The van der Waals surface area contributed by atoms with Gasteiger partial charge in [-0.05, 0) is 36.2 Å². The number of rotatable bonds is 6. The van der Waals surface area contributed by atoms with Crippen LogP contribution in [0.15, 0.2) is 40.6 Å².